The van der Waals surface area contributed by atoms with Gasteiger partial charge in [0, 0.05) is 12.4 Å². The number of amides is 1. The van der Waals surface area contributed by atoms with E-state index in [1.54, 1.807) is 11.7 Å². The smallest absolute Gasteiger partial charge is 0.272 e. The van der Waals surface area contributed by atoms with Crippen LogP contribution in [0.5, 0.6) is 0 Å². The van der Waals surface area contributed by atoms with E-state index < -0.39 is 5.60 Å². The number of aromatic nitrogens is 2. The first kappa shape index (κ1) is 12.1. The predicted molar refractivity (Wildman–Crippen MR) is 68.8 cm³/mol. The van der Waals surface area contributed by atoms with Crippen LogP contribution in [0.4, 0.5) is 0 Å². The monoisotopic (exact) mass is 261 g/mol. The average Bonchev–Trinajstić information content (AvgIpc) is 2.72. The highest BCUT2D eigenvalue weighted by molar-refractivity contribution is 6.04. The first-order valence-corrected chi connectivity index (χ1v) is 6.09. The molecular weight excluding hydrogens is 246 g/mol. The van der Waals surface area contributed by atoms with E-state index in [1.807, 2.05) is 24.3 Å². The number of hydrogen-bond donors (Lipinski definition) is 2. The molecule has 1 aliphatic heterocycles. The minimum Gasteiger partial charge on any atom is -0.383 e. The van der Waals surface area contributed by atoms with Crippen LogP contribution < -0.4 is 5.32 Å². The molecule has 1 saturated heterocycles. The summed E-state index contributed by atoms with van der Waals surface area (Å²) in [6, 6.07) is 7.54. The normalized spacial score (nSPS) is 17.2. The summed E-state index contributed by atoms with van der Waals surface area (Å²) in [7, 11) is 1.80. The van der Waals surface area contributed by atoms with Crippen LogP contribution in [0.15, 0.2) is 24.3 Å². The second-order valence-corrected chi connectivity index (χ2v) is 4.89. The van der Waals surface area contributed by atoms with Crippen LogP contribution in [0.1, 0.15) is 10.5 Å². The Kier molecular flexibility index (Phi) is 2.76. The highest BCUT2D eigenvalue weighted by Crippen LogP contribution is 2.18. The van der Waals surface area contributed by atoms with Crippen molar-refractivity contribution in [1.82, 2.24) is 15.1 Å². The SMILES string of the molecule is Cn1nc(C(=O)NCC2(O)COC2)c2ccccc21. The third-order valence-corrected chi connectivity index (χ3v) is 3.29. The number of hydrogen-bond acceptors (Lipinski definition) is 4. The van der Waals surface area contributed by atoms with Crippen molar-refractivity contribution in [3.8, 4) is 0 Å². The van der Waals surface area contributed by atoms with Gasteiger partial charge in [0.1, 0.15) is 5.60 Å². The van der Waals surface area contributed by atoms with Crippen LogP contribution in [-0.2, 0) is 11.8 Å². The Hall–Kier alpha value is -1.92. The lowest BCUT2D eigenvalue weighted by molar-refractivity contribution is -0.173. The molecule has 1 fully saturated rings. The lowest BCUT2D eigenvalue weighted by atomic mass is 10.0. The van der Waals surface area contributed by atoms with E-state index in [-0.39, 0.29) is 25.7 Å². The first-order valence-electron chi connectivity index (χ1n) is 6.09. The zero-order valence-corrected chi connectivity index (χ0v) is 10.6. The molecule has 6 nitrogen and oxygen atoms in total. The van der Waals surface area contributed by atoms with Gasteiger partial charge in [0.15, 0.2) is 5.69 Å². The standard InChI is InChI=1S/C13H15N3O3/c1-16-10-5-3-2-4-9(10)11(15-16)12(17)14-6-13(18)7-19-8-13/h2-5,18H,6-8H2,1H3,(H,14,17). The maximum Gasteiger partial charge on any atom is 0.272 e. The summed E-state index contributed by atoms with van der Waals surface area (Å²) < 4.78 is 6.60. The molecular formula is C13H15N3O3. The third kappa shape index (κ3) is 2.09. The van der Waals surface area contributed by atoms with Crippen LogP contribution in [0, 0.1) is 0 Å². The van der Waals surface area contributed by atoms with Gasteiger partial charge in [0.05, 0.1) is 25.3 Å². The van der Waals surface area contributed by atoms with E-state index in [0.717, 1.165) is 10.9 Å². The van der Waals surface area contributed by atoms with Gasteiger partial charge < -0.3 is 15.2 Å². The molecule has 2 N–H and O–H groups in total. The molecule has 2 heterocycles. The number of carbonyl (C=O) groups is 1. The quantitative estimate of drug-likeness (QED) is 0.819. The molecule has 1 aromatic carbocycles. The molecule has 19 heavy (non-hydrogen) atoms. The second-order valence-electron chi connectivity index (χ2n) is 4.89. The van der Waals surface area contributed by atoms with E-state index in [0.29, 0.717) is 5.69 Å². The highest BCUT2D eigenvalue weighted by Gasteiger charge is 2.36. The fraction of sp³-hybridized carbons (Fsp3) is 0.385. The van der Waals surface area contributed by atoms with E-state index in [1.165, 1.54) is 0 Å². The predicted octanol–water partition coefficient (Wildman–Crippen LogP) is 0.0644. The van der Waals surface area contributed by atoms with Gasteiger partial charge in [-0.15, -0.1) is 0 Å². The number of carbonyl (C=O) groups excluding carboxylic acids is 1. The minimum absolute atomic E-state index is 0.177. The van der Waals surface area contributed by atoms with Gasteiger partial charge in [-0.3, -0.25) is 9.48 Å². The molecule has 0 radical (unpaired) electrons. The van der Waals surface area contributed by atoms with E-state index in [9.17, 15) is 9.90 Å². The van der Waals surface area contributed by atoms with Crippen molar-refractivity contribution in [3.05, 3.63) is 30.0 Å². The summed E-state index contributed by atoms with van der Waals surface area (Å²) in [5.41, 5.74) is 0.348. The van der Waals surface area contributed by atoms with Gasteiger partial charge >= 0.3 is 0 Å². The first-order chi connectivity index (χ1) is 9.09. The molecule has 0 aliphatic carbocycles. The molecule has 0 unspecified atom stereocenters. The maximum atomic E-state index is 12.1. The molecule has 1 aliphatic rings. The fourth-order valence-corrected chi connectivity index (χ4v) is 2.15. The van der Waals surface area contributed by atoms with Crippen LogP contribution >= 0.6 is 0 Å². The molecule has 0 atom stereocenters. The summed E-state index contributed by atoms with van der Waals surface area (Å²) >= 11 is 0. The number of benzene rings is 1. The van der Waals surface area contributed by atoms with Gasteiger partial charge in [-0.2, -0.15) is 5.10 Å². The Morgan fingerprint density at radius 2 is 2.26 bits per heavy atom. The number of aryl methyl sites for hydroxylation is 1. The molecule has 0 saturated carbocycles. The molecule has 1 amide bonds. The lowest BCUT2D eigenvalue weighted by Crippen LogP contribution is -2.57. The van der Waals surface area contributed by atoms with Crippen molar-refractivity contribution in [3.63, 3.8) is 0 Å². The number of nitrogens with zero attached hydrogens (tertiary/aromatic N) is 2. The number of aliphatic hydroxyl groups is 1. The Bertz CT molecular complexity index is 631. The van der Waals surface area contributed by atoms with Crippen molar-refractivity contribution in [2.45, 2.75) is 5.60 Å². The van der Waals surface area contributed by atoms with Crippen molar-refractivity contribution in [2.75, 3.05) is 19.8 Å². The molecule has 100 valence electrons. The number of ether oxygens (including phenoxy) is 1. The number of nitrogens with one attached hydrogen (secondary N) is 1. The zero-order valence-electron chi connectivity index (χ0n) is 10.6. The van der Waals surface area contributed by atoms with Crippen LogP contribution in [0.3, 0.4) is 0 Å². The van der Waals surface area contributed by atoms with Crippen LogP contribution in [-0.4, -0.2) is 46.2 Å². The van der Waals surface area contributed by atoms with Crippen LogP contribution in [0.2, 0.25) is 0 Å². The average molecular weight is 261 g/mol. The van der Waals surface area contributed by atoms with Gasteiger partial charge in [-0.25, -0.2) is 0 Å². The number of fused-ring (bicyclic) bond motifs is 1. The summed E-state index contributed by atoms with van der Waals surface area (Å²) in [6.07, 6.45) is 0. The van der Waals surface area contributed by atoms with E-state index in [4.69, 9.17) is 4.74 Å². The minimum atomic E-state index is -0.930. The van der Waals surface area contributed by atoms with Gasteiger partial charge in [0.2, 0.25) is 0 Å². The number of para-hydroxylation sites is 1. The molecule has 3 rings (SSSR count). The Morgan fingerprint density at radius 1 is 1.53 bits per heavy atom. The van der Waals surface area contributed by atoms with Crippen molar-refractivity contribution >= 4 is 16.8 Å². The highest BCUT2D eigenvalue weighted by atomic mass is 16.5. The molecule has 1 aromatic heterocycles. The molecule has 0 bridgehead atoms. The second kappa shape index (κ2) is 4.32. The third-order valence-electron chi connectivity index (χ3n) is 3.29. The fourth-order valence-electron chi connectivity index (χ4n) is 2.15. The topological polar surface area (TPSA) is 76.4 Å². The largest absolute Gasteiger partial charge is 0.383 e. The van der Waals surface area contributed by atoms with Crippen molar-refractivity contribution < 1.29 is 14.6 Å². The zero-order chi connectivity index (χ0) is 13.5. The van der Waals surface area contributed by atoms with E-state index in [2.05, 4.69) is 10.4 Å². The number of rotatable bonds is 3. The summed E-state index contributed by atoms with van der Waals surface area (Å²) in [5.74, 6) is -0.280. The Labute approximate surface area is 110 Å². The van der Waals surface area contributed by atoms with E-state index >= 15 is 0 Å². The van der Waals surface area contributed by atoms with Gasteiger partial charge in [-0.1, -0.05) is 18.2 Å². The summed E-state index contributed by atoms with van der Waals surface area (Å²) in [4.78, 5) is 12.1. The maximum absolute atomic E-state index is 12.1. The Balaban J connectivity index is 1.81. The molecule has 6 heteroatoms. The van der Waals surface area contributed by atoms with Gasteiger partial charge in [-0.05, 0) is 6.07 Å². The Morgan fingerprint density at radius 3 is 2.95 bits per heavy atom. The van der Waals surface area contributed by atoms with Gasteiger partial charge in [0.25, 0.3) is 5.91 Å². The van der Waals surface area contributed by atoms with Crippen LogP contribution in [0.25, 0.3) is 10.9 Å². The van der Waals surface area contributed by atoms with Crippen molar-refractivity contribution in [1.29, 1.82) is 0 Å². The van der Waals surface area contributed by atoms with Crippen molar-refractivity contribution in [2.24, 2.45) is 7.05 Å². The molecule has 2 aromatic rings. The summed E-state index contributed by atoms with van der Waals surface area (Å²) in [5, 5.41) is 17.6. The lowest BCUT2D eigenvalue weighted by Gasteiger charge is -2.36. The summed E-state index contributed by atoms with van der Waals surface area (Å²) in [6.45, 7) is 0.698. The molecule has 0 spiro atoms.